The highest BCUT2D eigenvalue weighted by Crippen LogP contribution is 2.25. The van der Waals surface area contributed by atoms with Crippen LogP contribution in [-0.2, 0) is 0 Å². The number of nitrogens with zero attached hydrogens (tertiary/aromatic N) is 5. The SMILES string of the molecule is O=C(O)N1CCC(n2cc(-c3ccc4nccn4c3)cn2)CC1. The highest BCUT2D eigenvalue weighted by Gasteiger charge is 2.23. The van der Waals surface area contributed by atoms with E-state index in [0.717, 1.165) is 29.6 Å². The number of pyridine rings is 1. The van der Waals surface area contributed by atoms with Gasteiger partial charge in [-0.05, 0) is 25.0 Å². The second-order valence-corrected chi connectivity index (χ2v) is 5.82. The molecule has 1 aliphatic rings. The van der Waals surface area contributed by atoms with Crippen LogP contribution in [0.15, 0.2) is 43.1 Å². The summed E-state index contributed by atoms with van der Waals surface area (Å²) in [4.78, 5) is 16.7. The van der Waals surface area contributed by atoms with Crippen molar-refractivity contribution in [2.75, 3.05) is 13.1 Å². The molecule has 4 heterocycles. The van der Waals surface area contributed by atoms with Crippen molar-refractivity contribution in [3.05, 3.63) is 43.1 Å². The Morgan fingerprint density at radius 1 is 1.17 bits per heavy atom. The van der Waals surface area contributed by atoms with E-state index >= 15 is 0 Å². The molecule has 1 fully saturated rings. The minimum atomic E-state index is -0.835. The van der Waals surface area contributed by atoms with Crippen LogP contribution in [0.3, 0.4) is 0 Å². The summed E-state index contributed by atoms with van der Waals surface area (Å²) in [6.45, 7) is 1.13. The van der Waals surface area contributed by atoms with E-state index in [4.69, 9.17) is 5.11 Å². The number of carboxylic acid groups (broad SMARTS) is 1. The zero-order chi connectivity index (χ0) is 15.8. The molecule has 3 aromatic rings. The number of aromatic nitrogens is 4. The molecule has 0 spiro atoms. The van der Waals surface area contributed by atoms with Gasteiger partial charge in [0.15, 0.2) is 0 Å². The van der Waals surface area contributed by atoms with Gasteiger partial charge in [-0.2, -0.15) is 5.10 Å². The normalized spacial score (nSPS) is 16.1. The predicted molar refractivity (Wildman–Crippen MR) is 84.3 cm³/mol. The highest BCUT2D eigenvalue weighted by atomic mass is 16.4. The van der Waals surface area contributed by atoms with Crippen molar-refractivity contribution in [2.45, 2.75) is 18.9 Å². The molecular weight excluding hydrogens is 294 g/mol. The summed E-state index contributed by atoms with van der Waals surface area (Å²) in [5, 5.41) is 13.5. The molecule has 0 radical (unpaired) electrons. The first-order valence-electron chi connectivity index (χ1n) is 7.66. The first-order chi connectivity index (χ1) is 11.2. The van der Waals surface area contributed by atoms with Gasteiger partial charge in [-0.15, -0.1) is 0 Å². The van der Waals surface area contributed by atoms with E-state index in [1.165, 1.54) is 4.90 Å². The fourth-order valence-electron chi connectivity index (χ4n) is 3.10. The van der Waals surface area contributed by atoms with E-state index in [1.54, 1.807) is 6.20 Å². The Labute approximate surface area is 132 Å². The Morgan fingerprint density at radius 3 is 2.78 bits per heavy atom. The lowest BCUT2D eigenvalue weighted by Crippen LogP contribution is -2.38. The molecule has 0 aromatic carbocycles. The van der Waals surface area contributed by atoms with Gasteiger partial charge in [-0.1, -0.05) is 0 Å². The average Bonchev–Trinajstić information content (AvgIpc) is 3.23. The van der Waals surface area contributed by atoms with Crippen LogP contribution in [0.4, 0.5) is 4.79 Å². The van der Waals surface area contributed by atoms with E-state index < -0.39 is 6.09 Å². The van der Waals surface area contributed by atoms with Crippen molar-refractivity contribution >= 4 is 11.7 Å². The van der Waals surface area contributed by atoms with E-state index in [2.05, 4.69) is 10.1 Å². The third-order valence-electron chi connectivity index (χ3n) is 4.43. The van der Waals surface area contributed by atoms with Gasteiger partial charge in [0.1, 0.15) is 5.65 Å². The van der Waals surface area contributed by atoms with Gasteiger partial charge in [0.05, 0.1) is 12.2 Å². The molecule has 4 rings (SSSR count). The van der Waals surface area contributed by atoms with Crippen molar-refractivity contribution < 1.29 is 9.90 Å². The maximum Gasteiger partial charge on any atom is 0.407 e. The van der Waals surface area contributed by atoms with Gasteiger partial charge in [-0.3, -0.25) is 4.68 Å². The summed E-state index contributed by atoms with van der Waals surface area (Å²) in [5.41, 5.74) is 3.06. The lowest BCUT2D eigenvalue weighted by molar-refractivity contribution is 0.124. The van der Waals surface area contributed by atoms with Crippen LogP contribution in [-0.4, -0.2) is 48.4 Å². The number of rotatable bonds is 2. The van der Waals surface area contributed by atoms with E-state index in [0.29, 0.717) is 13.1 Å². The summed E-state index contributed by atoms with van der Waals surface area (Å²) in [6.07, 6.45) is 10.4. The Hall–Kier alpha value is -2.83. The van der Waals surface area contributed by atoms with Crippen LogP contribution in [0.5, 0.6) is 0 Å². The van der Waals surface area contributed by atoms with Crippen LogP contribution in [0, 0.1) is 0 Å². The third kappa shape index (κ3) is 2.54. The largest absolute Gasteiger partial charge is 0.465 e. The molecule has 1 amide bonds. The van der Waals surface area contributed by atoms with Crippen LogP contribution < -0.4 is 0 Å². The molecule has 118 valence electrons. The van der Waals surface area contributed by atoms with E-state index in [1.807, 2.05) is 46.0 Å². The second-order valence-electron chi connectivity index (χ2n) is 5.82. The van der Waals surface area contributed by atoms with Crippen molar-refractivity contribution in [3.8, 4) is 11.1 Å². The fraction of sp³-hybridized carbons (Fsp3) is 0.312. The number of imidazole rings is 1. The van der Waals surface area contributed by atoms with Gasteiger partial charge in [0, 0.05) is 49.0 Å². The Kier molecular flexibility index (Phi) is 3.25. The lowest BCUT2D eigenvalue weighted by atomic mass is 10.1. The van der Waals surface area contributed by atoms with E-state index in [-0.39, 0.29) is 6.04 Å². The molecule has 0 aliphatic carbocycles. The van der Waals surface area contributed by atoms with Crippen LogP contribution in [0.1, 0.15) is 18.9 Å². The monoisotopic (exact) mass is 311 g/mol. The molecule has 23 heavy (non-hydrogen) atoms. The Morgan fingerprint density at radius 2 is 2.00 bits per heavy atom. The van der Waals surface area contributed by atoms with Crippen LogP contribution in [0.2, 0.25) is 0 Å². The predicted octanol–water partition coefficient (Wildman–Crippen LogP) is 2.51. The summed E-state index contributed by atoms with van der Waals surface area (Å²) in [7, 11) is 0. The summed E-state index contributed by atoms with van der Waals surface area (Å²) in [5.74, 6) is 0. The van der Waals surface area contributed by atoms with Crippen LogP contribution in [0.25, 0.3) is 16.8 Å². The van der Waals surface area contributed by atoms with E-state index in [9.17, 15) is 4.79 Å². The first-order valence-corrected chi connectivity index (χ1v) is 7.66. The second kappa shape index (κ2) is 5.42. The minimum Gasteiger partial charge on any atom is -0.465 e. The molecule has 1 N–H and O–H groups in total. The lowest BCUT2D eigenvalue weighted by Gasteiger charge is -2.30. The topological polar surface area (TPSA) is 75.7 Å². The molecule has 7 nitrogen and oxygen atoms in total. The maximum absolute atomic E-state index is 11.0. The van der Waals surface area contributed by atoms with Gasteiger partial charge < -0.3 is 14.4 Å². The van der Waals surface area contributed by atoms with Crippen molar-refractivity contribution in [1.82, 2.24) is 24.1 Å². The standard InChI is InChI=1S/C16H17N5O2/c22-16(23)19-6-3-14(4-7-19)21-11-13(9-18-21)12-1-2-15-17-5-8-20(15)10-12/h1-2,5,8-11,14H,3-4,6-7H2,(H,22,23). The van der Waals surface area contributed by atoms with Crippen LogP contribution >= 0.6 is 0 Å². The zero-order valence-corrected chi connectivity index (χ0v) is 12.5. The number of fused-ring (bicyclic) bond motifs is 1. The molecule has 0 saturated carbocycles. The molecule has 0 bridgehead atoms. The number of hydrogen-bond acceptors (Lipinski definition) is 3. The third-order valence-corrected chi connectivity index (χ3v) is 4.43. The highest BCUT2D eigenvalue weighted by molar-refractivity contribution is 5.65. The van der Waals surface area contributed by atoms with Gasteiger partial charge in [-0.25, -0.2) is 9.78 Å². The van der Waals surface area contributed by atoms with Gasteiger partial charge in [0.25, 0.3) is 0 Å². The molecule has 7 heteroatoms. The van der Waals surface area contributed by atoms with Crippen molar-refractivity contribution in [3.63, 3.8) is 0 Å². The smallest absolute Gasteiger partial charge is 0.407 e. The van der Waals surface area contributed by atoms with Gasteiger partial charge >= 0.3 is 6.09 Å². The minimum absolute atomic E-state index is 0.260. The van der Waals surface area contributed by atoms with Crippen molar-refractivity contribution in [2.24, 2.45) is 0 Å². The quantitative estimate of drug-likeness (QED) is 0.789. The average molecular weight is 311 g/mol. The number of piperidine rings is 1. The summed E-state index contributed by atoms with van der Waals surface area (Å²) < 4.78 is 3.95. The Balaban J connectivity index is 1.53. The maximum atomic E-state index is 11.0. The molecule has 0 unspecified atom stereocenters. The number of likely N-dealkylation sites (tertiary alicyclic amines) is 1. The summed E-state index contributed by atoms with van der Waals surface area (Å²) >= 11 is 0. The molecular formula is C16H17N5O2. The van der Waals surface area contributed by atoms with Crippen molar-refractivity contribution in [1.29, 1.82) is 0 Å². The van der Waals surface area contributed by atoms with Gasteiger partial charge in [0.2, 0.25) is 0 Å². The number of carbonyl (C=O) groups is 1. The molecule has 0 atom stereocenters. The molecule has 1 aliphatic heterocycles. The fourth-order valence-corrected chi connectivity index (χ4v) is 3.10. The zero-order valence-electron chi connectivity index (χ0n) is 12.5. The summed E-state index contributed by atoms with van der Waals surface area (Å²) in [6, 6.07) is 4.28. The molecule has 3 aromatic heterocycles. The Bertz CT molecular complexity index is 845. The first kappa shape index (κ1) is 13.8. The number of hydrogen-bond donors (Lipinski definition) is 1. The number of amides is 1. The molecule has 1 saturated heterocycles.